The van der Waals surface area contributed by atoms with E-state index in [1.165, 1.54) is 23.1 Å². The molecule has 166 valence electrons. The molecule has 10 heteroatoms. The summed E-state index contributed by atoms with van der Waals surface area (Å²) in [5, 5.41) is 11.5. The number of H-pyrrole nitrogens is 1. The highest BCUT2D eigenvalue weighted by atomic mass is 35.5. The standard InChI is InChI=1S/C23H17ClN4O3S2/c1-13-5-4-6-14(9-13)30-10-19-27-28-23(31-19)33-12-18-25-21(29)20-16(11-32-22(20)26-18)15-7-2-3-8-17(15)24/h2-9,11H,10,12H2,1H3,(H,25,26,29). The van der Waals surface area contributed by atoms with Gasteiger partial charge in [-0.1, -0.05) is 53.7 Å². The molecule has 33 heavy (non-hydrogen) atoms. The van der Waals surface area contributed by atoms with Crippen LogP contribution in [0.2, 0.25) is 5.02 Å². The highest BCUT2D eigenvalue weighted by molar-refractivity contribution is 7.98. The zero-order valence-corrected chi connectivity index (χ0v) is 19.8. The number of nitrogens with one attached hydrogen (secondary N) is 1. The molecule has 2 aromatic carbocycles. The molecule has 0 radical (unpaired) electrons. The maximum Gasteiger partial charge on any atom is 0.277 e. The number of rotatable bonds is 7. The molecule has 3 aromatic heterocycles. The number of aryl methyl sites for hydroxylation is 1. The molecule has 1 N–H and O–H groups in total. The first kappa shape index (κ1) is 21.7. The molecular weight excluding hydrogens is 480 g/mol. The summed E-state index contributed by atoms with van der Waals surface area (Å²) in [6, 6.07) is 15.2. The number of halogens is 1. The number of aromatic nitrogens is 4. The predicted molar refractivity (Wildman–Crippen MR) is 130 cm³/mol. The van der Waals surface area contributed by atoms with Gasteiger partial charge in [-0.05, 0) is 30.7 Å². The first-order chi connectivity index (χ1) is 16.1. The molecule has 0 aliphatic carbocycles. The van der Waals surface area contributed by atoms with E-state index >= 15 is 0 Å². The van der Waals surface area contributed by atoms with E-state index in [0.717, 1.165) is 22.4 Å². The SMILES string of the molecule is Cc1cccc(OCc2nnc(SCc3nc4scc(-c5ccccc5Cl)c4c(=O)[nH]3)o2)c1. The molecule has 0 fully saturated rings. The number of ether oxygens (including phenoxy) is 1. The smallest absolute Gasteiger partial charge is 0.277 e. The monoisotopic (exact) mass is 496 g/mol. The molecule has 0 unspecified atom stereocenters. The van der Waals surface area contributed by atoms with Gasteiger partial charge in [0.15, 0.2) is 6.61 Å². The third-order valence-electron chi connectivity index (χ3n) is 4.79. The molecule has 0 saturated carbocycles. The van der Waals surface area contributed by atoms with Crippen LogP contribution < -0.4 is 10.3 Å². The van der Waals surface area contributed by atoms with Crippen LogP contribution in [0, 0.1) is 6.92 Å². The normalized spacial score (nSPS) is 11.2. The number of aromatic amines is 1. The van der Waals surface area contributed by atoms with Gasteiger partial charge in [-0.15, -0.1) is 21.5 Å². The minimum Gasteiger partial charge on any atom is -0.484 e. The Hall–Kier alpha value is -3.14. The van der Waals surface area contributed by atoms with Gasteiger partial charge in [-0.25, -0.2) is 4.98 Å². The summed E-state index contributed by atoms with van der Waals surface area (Å²) in [6.07, 6.45) is 0. The molecule has 3 heterocycles. The molecule has 7 nitrogen and oxygen atoms in total. The lowest BCUT2D eigenvalue weighted by atomic mass is 10.1. The summed E-state index contributed by atoms with van der Waals surface area (Å²) in [6.45, 7) is 2.18. The van der Waals surface area contributed by atoms with Crippen molar-refractivity contribution in [2.24, 2.45) is 0 Å². The molecule has 0 aliphatic rings. The summed E-state index contributed by atoms with van der Waals surface area (Å²) < 4.78 is 11.3. The van der Waals surface area contributed by atoms with Crippen molar-refractivity contribution in [3.8, 4) is 16.9 Å². The minimum absolute atomic E-state index is 0.179. The van der Waals surface area contributed by atoms with Crippen molar-refractivity contribution in [1.82, 2.24) is 20.2 Å². The zero-order chi connectivity index (χ0) is 22.8. The van der Waals surface area contributed by atoms with Crippen LogP contribution in [0.15, 0.2) is 68.3 Å². The lowest BCUT2D eigenvalue weighted by molar-refractivity contribution is 0.252. The van der Waals surface area contributed by atoms with Crippen LogP contribution in [0.5, 0.6) is 5.75 Å². The zero-order valence-electron chi connectivity index (χ0n) is 17.4. The summed E-state index contributed by atoms with van der Waals surface area (Å²) >= 11 is 9.03. The Bertz CT molecular complexity index is 1490. The van der Waals surface area contributed by atoms with Crippen LogP contribution in [0.1, 0.15) is 17.3 Å². The Morgan fingerprint density at radius 1 is 1.15 bits per heavy atom. The van der Waals surface area contributed by atoms with Crippen molar-refractivity contribution in [3.63, 3.8) is 0 Å². The third kappa shape index (κ3) is 4.80. The highest BCUT2D eigenvalue weighted by Crippen LogP contribution is 2.35. The summed E-state index contributed by atoms with van der Waals surface area (Å²) in [4.78, 5) is 20.9. The van der Waals surface area contributed by atoms with Gasteiger partial charge in [-0.2, -0.15) is 0 Å². The molecule has 5 rings (SSSR count). The van der Waals surface area contributed by atoms with Gasteiger partial charge in [0.2, 0.25) is 0 Å². The van der Waals surface area contributed by atoms with Gasteiger partial charge >= 0.3 is 0 Å². The number of thiophene rings is 1. The van der Waals surface area contributed by atoms with E-state index in [2.05, 4.69) is 20.2 Å². The number of fused-ring (bicyclic) bond motifs is 1. The fourth-order valence-corrected chi connectivity index (χ4v) is 5.12. The van der Waals surface area contributed by atoms with Gasteiger partial charge in [0.1, 0.15) is 16.4 Å². The average Bonchev–Trinajstić information content (AvgIpc) is 3.44. The predicted octanol–water partition coefficient (Wildman–Crippen LogP) is 5.87. The maximum absolute atomic E-state index is 12.8. The van der Waals surface area contributed by atoms with E-state index in [4.69, 9.17) is 20.8 Å². The number of hydrogen-bond donors (Lipinski definition) is 1. The lowest BCUT2D eigenvalue weighted by Gasteiger charge is -2.03. The lowest BCUT2D eigenvalue weighted by Crippen LogP contribution is -2.10. The molecule has 5 aromatic rings. The fraction of sp³-hybridized carbons (Fsp3) is 0.130. The van der Waals surface area contributed by atoms with E-state index in [1.54, 1.807) is 6.07 Å². The van der Waals surface area contributed by atoms with Crippen molar-refractivity contribution < 1.29 is 9.15 Å². The van der Waals surface area contributed by atoms with Crippen LogP contribution >= 0.6 is 34.7 Å². The van der Waals surface area contributed by atoms with Crippen molar-refractivity contribution in [3.05, 3.63) is 86.6 Å². The molecule has 0 spiro atoms. The average molecular weight is 497 g/mol. The van der Waals surface area contributed by atoms with Gasteiger partial charge < -0.3 is 14.1 Å². The molecule has 0 aliphatic heterocycles. The third-order valence-corrected chi connectivity index (χ3v) is 6.82. The number of hydrogen-bond acceptors (Lipinski definition) is 8. The van der Waals surface area contributed by atoms with Crippen molar-refractivity contribution in [2.75, 3.05) is 0 Å². The molecule has 0 saturated heterocycles. The second-order valence-corrected chi connectivity index (χ2v) is 9.37. The molecule has 0 amide bonds. The second kappa shape index (κ2) is 9.38. The van der Waals surface area contributed by atoms with E-state index in [-0.39, 0.29) is 12.2 Å². The van der Waals surface area contributed by atoms with E-state index in [9.17, 15) is 4.79 Å². The minimum atomic E-state index is -0.204. The molecule has 0 bridgehead atoms. The van der Waals surface area contributed by atoms with Crippen molar-refractivity contribution >= 4 is 44.9 Å². The van der Waals surface area contributed by atoms with Gasteiger partial charge in [0.05, 0.1) is 11.1 Å². The van der Waals surface area contributed by atoms with Gasteiger partial charge in [-0.3, -0.25) is 4.79 Å². The molecule has 0 atom stereocenters. The Kier molecular flexibility index (Phi) is 6.17. The highest BCUT2D eigenvalue weighted by Gasteiger charge is 2.16. The molecular formula is C23H17ClN4O3S2. The van der Waals surface area contributed by atoms with Gasteiger partial charge in [0, 0.05) is 21.5 Å². The quantitative estimate of drug-likeness (QED) is 0.282. The van der Waals surface area contributed by atoms with Crippen LogP contribution in [0.4, 0.5) is 0 Å². The fourth-order valence-electron chi connectivity index (χ4n) is 3.27. The summed E-state index contributed by atoms with van der Waals surface area (Å²) in [5.41, 5.74) is 2.50. The first-order valence-corrected chi connectivity index (χ1v) is 12.2. The van der Waals surface area contributed by atoms with Gasteiger partial charge in [0.25, 0.3) is 16.7 Å². The number of benzene rings is 2. The Morgan fingerprint density at radius 2 is 2.03 bits per heavy atom. The van der Waals surface area contributed by atoms with E-state index in [1.807, 2.05) is 54.8 Å². The second-order valence-electron chi connectivity index (χ2n) is 7.18. The summed E-state index contributed by atoms with van der Waals surface area (Å²) in [5.74, 6) is 2.02. The van der Waals surface area contributed by atoms with Crippen LogP contribution in [-0.2, 0) is 12.4 Å². The number of thioether (sulfide) groups is 1. The van der Waals surface area contributed by atoms with Crippen LogP contribution in [-0.4, -0.2) is 20.2 Å². The number of nitrogens with zero attached hydrogens (tertiary/aromatic N) is 3. The van der Waals surface area contributed by atoms with E-state index in [0.29, 0.717) is 37.9 Å². The van der Waals surface area contributed by atoms with Crippen LogP contribution in [0.25, 0.3) is 21.3 Å². The van der Waals surface area contributed by atoms with Crippen molar-refractivity contribution in [2.45, 2.75) is 24.5 Å². The first-order valence-electron chi connectivity index (χ1n) is 9.97. The Balaban J connectivity index is 1.28. The largest absolute Gasteiger partial charge is 0.484 e. The van der Waals surface area contributed by atoms with E-state index < -0.39 is 0 Å². The van der Waals surface area contributed by atoms with Crippen LogP contribution in [0.3, 0.4) is 0 Å². The maximum atomic E-state index is 12.8. The summed E-state index contributed by atoms with van der Waals surface area (Å²) in [7, 11) is 0. The topological polar surface area (TPSA) is 93.9 Å². The Labute approximate surface area is 201 Å². The Morgan fingerprint density at radius 3 is 2.88 bits per heavy atom. The van der Waals surface area contributed by atoms with Crippen molar-refractivity contribution in [1.29, 1.82) is 0 Å².